The second-order valence-corrected chi connectivity index (χ2v) is 8.04. The summed E-state index contributed by atoms with van der Waals surface area (Å²) in [5.41, 5.74) is 3.41. The maximum absolute atomic E-state index is 12.9. The standard InChI is InChI=1S/C22H30N2O3/c1-14(2)23-13-19-21(20(26)12-16-6-10-18(25)11-7-16)24-27-22(19)17-8-4-15(3)5-9-17/h4-5,8-9,14,16,18,23,25H,6-7,10-13H2,1-3H3. The van der Waals surface area contributed by atoms with Crippen molar-refractivity contribution in [2.75, 3.05) is 0 Å². The van der Waals surface area contributed by atoms with Gasteiger partial charge in [-0.3, -0.25) is 4.79 Å². The molecule has 2 aromatic rings. The van der Waals surface area contributed by atoms with Gasteiger partial charge in [-0.15, -0.1) is 0 Å². The molecular weight excluding hydrogens is 340 g/mol. The Hall–Kier alpha value is -1.98. The number of aryl methyl sites for hydroxylation is 1. The first kappa shape index (κ1) is 19.8. The van der Waals surface area contributed by atoms with Crippen molar-refractivity contribution in [3.8, 4) is 11.3 Å². The van der Waals surface area contributed by atoms with Gasteiger partial charge in [0.25, 0.3) is 0 Å². The number of hydrogen-bond donors (Lipinski definition) is 2. The van der Waals surface area contributed by atoms with Gasteiger partial charge in [-0.25, -0.2) is 0 Å². The van der Waals surface area contributed by atoms with Crippen LogP contribution in [0.1, 0.15) is 67.6 Å². The van der Waals surface area contributed by atoms with E-state index < -0.39 is 0 Å². The Morgan fingerprint density at radius 2 is 1.89 bits per heavy atom. The minimum absolute atomic E-state index is 0.0408. The minimum atomic E-state index is -0.206. The van der Waals surface area contributed by atoms with Gasteiger partial charge in [0.2, 0.25) is 0 Å². The lowest BCUT2D eigenvalue weighted by atomic mass is 9.83. The van der Waals surface area contributed by atoms with Crippen molar-refractivity contribution < 1.29 is 14.4 Å². The lowest BCUT2D eigenvalue weighted by Gasteiger charge is -2.24. The highest BCUT2D eigenvalue weighted by atomic mass is 16.5. The molecule has 2 N–H and O–H groups in total. The first-order valence-electron chi connectivity index (χ1n) is 9.94. The van der Waals surface area contributed by atoms with Crippen molar-refractivity contribution in [3.63, 3.8) is 0 Å². The van der Waals surface area contributed by atoms with Crippen LogP contribution >= 0.6 is 0 Å². The number of nitrogens with one attached hydrogen (secondary N) is 1. The van der Waals surface area contributed by atoms with Gasteiger partial charge in [0.15, 0.2) is 17.2 Å². The quantitative estimate of drug-likeness (QED) is 0.712. The third-order valence-corrected chi connectivity index (χ3v) is 5.34. The molecule has 27 heavy (non-hydrogen) atoms. The molecule has 0 atom stereocenters. The van der Waals surface area contributed by atoms with Gasteiger partial charge in [0, 0.05) is 30.1 Å². The molecule has 146 valence electrons. The van der Waals surface area contributed by atoms with Crippen LogP contribution in [-0.2, 0) is 6.54 Å². The summed E-state index contributed by atoms with van der Waals surface area (Å²) in [7, 11) is 0. The molecule has 1 aromatic carbocycles. The number of hydrogen-bond acceptors (Lipinski definition) is 5. The Bertz CT molecular complexity index is 756. The van der Waals surface area contributed by atoms with Crippen molar-refractivity contribution in [2.45, 2.75) is 71.6 Å². The van der Waals surface area contributed by atoms with Crippen molar-refractivity contribution in [1.82, 2.24) is 10.5 Å². The molecule has 1 aromatic heterocycles. The van der Waals surface area contributed by atoms with Crippen LogP contribution in [-0.4, -0.2) is 28.2 Å². The lowest BCUT2D eigenvalue weighted by Crippen LogP contribution is -2.24. The smallest absolute Gasteiger partial charge is 0.185 e. The maximum atomic E-state index is 12.9. The lowest BCUT2D eigenvalue weighted by molar-refractivity contribution is 0.0852. The van der Waals surface area contributed by atoms with Crippen molar-refractivity contribution in [2.24, 2.45) is 5.92 Å². The Kier molecular flexibility index (Phi) is 6.45. The Morgan fingerprint density at radius 1 is 1.22 bits per heavy atom. The fourth-order valence-electron chi connectivity index (χ4n) is 3.64. The van der Waals surface area contributed by atoms with Gasteiger partial charge < -0.3 is 14.9 Å². The summed E-state index contributed by atoms with van der Waals surface area (Å²) in [6.45, 7) is 6.75. The monoisotopic (exact) mass is 370 g/mol. The van der Waals surface area contributed by atoms with Gasteiger partial charge in [0.1, 0.15) is 0 Å². The second kappa shape index (κ2) is 8.81. The minimum Gasteiger partial charge on any atom is -0.393 e. The Labute approximate surface area is 161 Å². The number of benzene rings is 1. The van der Waals surface area contributed by atoms with Crippen LogP contribution in [0.2, 0.25) is 0 Å². The van der Waals surface area contributed by atoms with Gasteiger partial charge in [-0.1, -0.05) is 48.8 Å². The van der Waals surface area contributed by atoms with E-state index in [-0.39, 0.29) is 11.9 Å². The molecule has 3 rings (SSSR count). The molecule has 1 aliphatic carbocycles. The van der Waals surface area contributed by atoms with E-state index in [0.29, 0.717) is 36.4 Å². The van der Waals surface area contributed by atoms with Crippen LogP contribution in [0.25, 0.3) is 11.3 Å². The number of aliphatic hydroxyl groups is 1. The largest absolute Gasteiger partial charge is 0.393 e. The number of carbonyl (C=O) groups is 1. The highest BCUT2D eigenvalue weighted by Gasteiger charge is 2.27. The molecule has 0 aliphatic heterocycles. The van der Waals surface area contributed by atoms with E-state index >= 15 is 0 Å². The first-order valence-corrected chi connectivity index (χ1v) is 9.94. The Morgan fingerprint density at radius 3 is 2.52 bits per heavy atom. The zero-order valence-electron chi connectivity index (χ0n) is 16.5. The average molecular weight is 370 g/mol. The predicted octanol–water partition coefficient (Wildman–Crippen LogP) is 4.27. The summed E-state index contributed by atoms with van der Waals surface area (Å²) in [4.78, 5) is 12.9. The molecule has 0 bridgehead atoms. The number of Topliss-reactive ketones (excluding diaryl/α,β-unsaturated/α-hetero) is 1. The summed E-state index contributed by atoms with van der Waals surface area (Å²) in [6, 6.07) is 8.38. The molecule has 0 unspecified atom stereocenters. The zero-order chi connectivity index (χ0) is 19.4. The van der Waals surface area contributed by atoms with Crippen LogP contribution < -0.4 is 5.32 Å². The molecule has 1 heterocycles. The van der Waals surface area contributed by atoms with Crippen LogP contribution in [0.15, 0.2) is 28.8 Å². The van der Waals surface area contributed by atoms with Crippen molar-refractivity contribution in [1.29, 1.82) is 0 Å². The molecular formula is C22H30N2O3. The summed E-state index contributed by atoms with van der Waals surface area (Å²) in [5.74, 6) is 1.04. The third kappa shape index (κ3) is 5.05. The third-order valence-electron chi connectivity index (χ3n) is 5.34. The van der Waals surface area contributed by atoms with E-state index in [9.17, 15) is 9.90 Å². The number of aliphatic hydroxyl groups excluding tert-OH is 1. The molecule has 0 saturated heterocycles. The maximum Gasteiger partial charge on any atom is 0.185 e. The number of nitrogens with zero attached hydrogens (tertiary/aromatic N) is 1. The molecule has 0 radical (unpaired) electrons. The van der Waals surface area contributed by atoms with Crippen molar-refractivity contribution >= 4 is 5.78 Å². The van der Waals surface area contributed by atoms with Gasteiger partial charge in [0.05, 0.1) is 6.10 Å². The van der Waals surface area contributed by atoms with Crippen LogP contribution in [0.5, 0.6) is 0 Å². The molecule has 1 fully saturated rings. The highest BCUT2D eigenvalue weighted by molar-refractivity contribution is 5.97. The summed E-state index contributed by atoms with van der Waals surface area (Å²) >= 11 is 0. The van der Waals surface area contributed by atoms with E-state index in [2.05, 4.69) is 24.3 Å². The van der Waals surface area contributed by atoms with E-state index in [1.807, 2.05) is 31.2 Å². The number of carbonyl (C=O) groups excluding carboxylic acids is 1. The van der Waals surface area contributed by atoms with Crippen LogP contribution in [0, 0.1) is 12.8 Å². The summed E-state index contributed by atoms with van der Waals surface area (Å²) < 4.78 is 5.63. The number of rotatable bonds is 7. The number of ketones is 1. The Balaban J connectivity index is 1.83. The zero-order valence-corrected chi connectivity index (χ0v) is 16.5. The normalized spacial score (nSPS) is 20.2. The van der Waals surface area contributed by atoms with Gasteiger partial charge >= 0.3 is 0 Å². The van der Waals surface area contributed by atoms with Crippen LogP contribution in [0.3, 0.4) is 0 Å². The molecule has 0 amide bonds. The SMILES string of the molecule is Cc1ccc(-c2onc(C(=O)CC3CCC(O)CC3)c2CNC(C)C)cc1. The van der Waals surface area contributed by atoms with E-state index in [1.54, 1.807) is 0 Å². The average Bonchev–Trinajstić information content (AvgIpc) is 3.06. The van der Waals surface area contributed by atoms with E-state index in [0.717, 1.165) is 36.8 Å². The molecule has 5 nitrogen and oxygen atoms in total. The topological polar surface area (TPSA) is 75.4 Å². The second-order valence-electron chi connectivity index (χ2n) is 8.04. The predicted molar refractivity (Wildman–Crippen MR) is 106 cm³/mol. The summed E-state index contributed by atoms with van der Waals surface area (Å²) in [5, 5.41) is 17.2. The first-order chi connectivity index (χ1) is 12.9. The fraction of sp³-hybridized carbons (Fsp3) is 0.545. The van der Waals surface area contributed by atoms with Gasteiger partial charge in [-0.05, 0) is 38.5 Å². The van der Waals surface area contributed by atoms with E-state index in [4.69, 9.17) is 4.52 Å². The highest BCUT2D eigenvalue weighted by Crippen LogP contribution is 2.31. The molecule has 0 spiro atoms. The van der Waals surface area contributed by atoms with Crippen LogP contribution in [0.4, 0.5) is 0 Å². The van der Waals surface area contributed by atoms with E-state index in [1.165, 1.54) is 5.56 Å². The molecule has 1 aliphatic rings. The summed E-state index contributed by atoms with van der Waals surface area (Å²) in [6.07, 6.45) is 3.63. The molecule has 1 saturated carbocycles. The molecule has 5 heteroatoms. The fourth-order valence-corrected chi connectivity index (χ4v) is 3.64. The van der Waals surface area contributed by atoms with Crippen molar-refractivity contribution in [3.05, 3.63) is 41.1 Å². The number of aromatic nitrogens is 1. The van der Waals surface area contributed by atoms with Gasteiger partial charge in [-0.2, -0.15) is 0 Å².